The van der Waals surface area contributed by atoms with Gasteiger partial charge in [-0.2, -0.15) is 17.2 Å². The molecule has 0 amide bonds. The van der Waals surface area contributed by atoms with Crippen LogP contribution >= 0.6 is 0 Å². The highest BCUT2D eigenvalue weighted by molar-refractivity contribution is 7.87. The van der Waals surface area contributed by atoms with E-state index in [0.717, 1.165) is 0 Å². The normalized spacial score (nSPS) is 23.5. The summed E-state index contributed by atoms with van der Waals surface area (Å²) in [6.45, 7) is 3.70. The topological polar surface area (TPSA) is 101 Å². The predicted molar refractivity (Wildman–Crippen MR) is 73.9 cm³/mol. The van der Waals surface area contributed by atoms with Gasteiger partial charge in [0.2, 0.25) is 0 Å². The summed E-state index contributed by atoms with van der Waals surface area (Å²) in [7, 11) is -5.84. The first-order chi connectivity index (χ1) is 9.95. The Morgan fingerprint density at radius 1 is 1.27 bits per heavy atom. The molecule has 6 nitrogen and oxygen atoms in total. The minimum absolute atomic E-state index is 0.0158. The fraction of sp³-hybridized carbons (Fsp3) is 0.923. The molecule has 1 rings (SSSR count). The molecule has 0 aromatic rings. The Balaban J connectivity index is 2.60. The zero-order valence-electron chi connectivity index (χ0n) is 12.6. The van der Waals surface area contributed by atoms with Gasteiger partial charge in [-0.3, -0.25) is 4.55 Å². The van der Waals surface area contributed by atoms with Crippen LogP contribution in [0.5, 0.6) is 0 Å². The lowest BCUT2D eigenvalue weighted by Gasteiger charge is -2.28. The van der Waals surface area contributed by atoms with Gasteiger partial charge in [0.1, 0.15) is 6.10 Å². The van der Waals surface area contributed by atoms with E-state index in [2.05, 4.69) is 4.74 Å². The Bertz CT molecular complexity index is 501. The summed E-state index contributed by atoms with van der Waals surface area (Å²) in [5.74, 6) is -2.25. The number of rotatable bonds is 7. The highest BCUT2D eigenvalue weighted by Gasteiger charge is 2.55. The van der Waals surface area contributed by atoms with Crippen LogP contribution in [0.15, 0.2) is 0 Å². The van der Waals surface area contributed by atoms with Crippen LogP contribution in [0.4, 0.5) is 8.78 Å². The van der Waals surface area contributed by atoms with E-state index in [-0.39, 0.29) is 12.3 Å². The maximum Gasteiger partial charge on any atom is 0.465 e. The second-order valence-corrected chi connectivity index (χ2v) is 7.30. The largest absolute Gasteiger partial charge is 0.465 e. The summed E-state index contributed by atoms with van der Waals surface area (Å²) in [6, 6.07) is 0. The Labute approximate surface area is 128 Å². The maximum absolute atomic E-state index is 13.1. The van der Waals surface area contributed by atoms with Crippen molar-refractivity contribution in [2.75, 3.05) is 0 Å². The fourth-order valence-corrected chi connectivity index (χ4v) is 2.98. The molecular formula is C13H22F2O6S. The standard InChI is InChI=1S/C13H22F2O6S/c1-3-12(17,4-2)8-9-5-6-10(7-9)21-11(16)13(14,15)22(18,19)20/h9-10,17H,3-8H2,1-2H3,(H,18,19,20). The van der Waals surface area contributed by atoms with Gasteiger partial charge in [0, 0.05) is 0 Å². The third kappa shape index (κ3) is 4.36. The van der Waals surface area contributed by atoms with Crippen LogP contribution in [-0.4, -0.2) is 41.0 Å². The zero-order chi connectivity index (χ0) is 17.2. The Kier molecular flexibility index (Phi) is 5.91. The van der Waals surface area contributed by atoms with Crippen LogP contribution in [0, 0.1) is 5.92 Å². The molecule has 1 aliphatic carbocycles. The average molecular weight is 344 g/mol. The smallest absolute Gasteiger partial charge is 0.457 e. The van der Waals surface area contributed by atoms with Crippen LogP contribution in [0.3, 0.4) is 0 Å². The molecule has 0 spiro atoms. The van der Waals surface area contributed by atoms with E-state index in [1.165, 1.54) is 0 Å². The van der Waals surface area contributed by atoms with Gasteiger partial charge in [0.25, 0.3) is 0 Å². The third-order valence-electron chi connectivity index (χ3n) is 4.31. The van der Waals surface area contributed by atoms with E-state index in [1.807, 2.05) is 13.8 Å². The number of alkyl halides is 2. The SMILES string of the molecule is CCC(O)(CC)CC1CCC(OC(=O)C(F)(F)S(=O)(=O)O)C1. The second-order valence-electron chi connectivity index (χ2n) is 5.83. The molecule has 0 aromatic carbocycles. The Morgan fingerprint density at radius 3 is 2.27 bits per heavy atom. The third-order valence-corrected chi connectivity index (χ3v) is 5.13. The number of hydrogen-bond acceptors (Lipinski definition) is 5. The van der Waals surface area contributed by atoms with Crippen molar-refractivity contribution >= 4 is 16.1 Å². The number of esters is 1. The molecule has 1 fully saturated rings. The van der Waals surface area contributed by atoms with Crippen LogP contribution in [-0.2, 0) is 19.6 Å². The molecule has 130 valence electrons. The molecule has 22 heavy (non-hydrogen) atoms. The fourth-order valence-electron chi connectivity index (χ4n) is 2.72. The molecule has 0 bridgehead atoms. The van der Waals surface area contributed by atoms with Gasteiger partial charge in [-0.1, -0.05) is 13.8 Å². The van der Waals surface area contributed by atoms with Crippen molar-refractivity contribution in [3.05, 3.63) is 0 Å². The summed E-state index contributed by atoms with van der Waals surface area (Å²) in [5, 5.41) is 5.29. The maximum atomic E-state index is 13.1. The lowest BCUT2D eigenvalue weighted by atomic mass is 9.85. The summed E-state index contributed by atoms with van der Waals surface area (Å²) < 4.78 is 60.0. The summed E-state index contributed by atoms with van der Waals surface area (Å²) in [6.07, 6.45) is 1.97. The van der Waals surface area contributed by atoms with Gasteiger partial charge in [-0.15, -0.1) is 0 Å². The van der Waals surface area contributed by atoms with Crippen molar-refractivity contribution in [3.8, 4) is 0 Å². The van der Waals surface area contributed by atoms with E-state index in [9.17, 15) is 27.1 Å². The van der Waals surface area contributed by atoms with Crippen LogP contribution in [0.2, 0.25) is 0 Å². The van der Waals surface area contributed by atoms with Crippen LogP contribution < -0.4 is 0 Å². The predicted octanol–water partition coefficient (Wildman–Crippen LogP) is 2.12. The Hall–Kier alpha value is -0.800. The quantitative estimate of drug-likeness (QED) is 0.542. The highest BCUT2D eigenvalue weighted by Crippen LogP contribution is 2.37. The molecular weight excluding hydrogens is 322 g/mol. The van der Waals surface area contributed by atoms with Crippen molar-refractivity contribution in [1.82, 2.24) is 0 Å². The van der Waals surface area contributed by atoms with E-state index in [4.69, 9.17) is 4.55 Å². The number of carbonyl (C=O) groups excluding carboxylic acids is 1. The first-order valence-corrected chi connectivity index (χ1v) is 8.67. The van der Waals surface area contributed by atoms with Crippen molar-refractivity contribution in [2.45, 2.75) is 69.3 Å². The van der Waals surface area contributed by atoms with Gasteiger partial charge in [0.05, 0.1) is 5.60 Å². The molecule has 1 saturated carbocycles. The molecule has 0 heterocycles. The minimum Gasteiger partial charge on any atom is -0.457 e. The lowest BCUT2D eigenvalue weighted by molar-refractivity contribution is -0.167. The molecule has 0 saturated heterocycles. The van der Waals surface area contributed by atoms with Crippen molar-refractivity contribution < 1.29 is 36.4 Å². The molecule has 2 unspecified atom stereocenters. The number of hydrogen-bond donors (Lipinski definition) is 2. The van der Waals surface area contributed by atoms with Crippen LogP contribution in [0.1, 0.15) is 52.4 Å². The van der Waals surface area contributed by atoms with E-state index in [1.54, 1.807) is 0 Å². The van der Waals surface area contributed by atoms with E-state index in [0.29, 0.717) is 32.1 Å². The first kappa shape index (κ1) is 19.2. The van der Waals surface area contributed by atoms with Gasteiger partial charge in [-0.25, -0.2) is 4.79 Å². The zero-order valence-corrected chi connectivity index (χ0v) is 13.4. The molecule has 0 aliphatic heterocycles. The lowest BCUT2D eigenvalue weighted by Crippen LogP contribution is -2.40. The highest BCUT2D eigenvalue weighted by atomic mass is 32.2. The van der Waals surface area contributed by atoms with Crippen molar-refractivity contribution in [2.24, 2.45) is 5.92 Å². The Morgan fingerprint density at radius 2 is 1.82 bits per heavy atom. The van der Waals surface area contributed by atoms with Gasteiger partial charge in [-0.05, 0) is 44.4 Å². The van der Waals surface area contributed by atoms with Gasteiger partial charge in [0.15, 0.2) is 0 Å². The van der Waals surface area contributed by atoms with Crippen molar-refractivity contribution in [3.63, 3.8) is 0 Å². The van der Waals surface area contributed by atoms with E-state index < -0.39 is 33.0 Å². The molecule has 0 radical (unpaired) electrons. The molecule has 9 heteroatoms. The molecule has 2 atom stereocenters. The number of halogens is 2. The molecule has 2 N–H and O–H groups in total. The van der Waals surface area contributed by atoms with E-state index >= 15 is 0 Å². The monoisotopic (exact) mass is 344 g/mol. The second kappa shape index (κ2) is 6.76. The van der Waals surface area contributed by atoms with Gasteiger partial charge >= 0.3 is 21.3 Å². The number of aliphatic hydroxyl groups is 1. The first-order valence-electron chi connectivity index (χ1n) is 7.23. The summed E-state index contributed by atoms with van der Waals surface area (Å²) in [5.41, 5.74) is -0.831. The molecule has 0 aromatic heterocycles. The van der Waals surface area contributed by atoms with Gasteiger partial charge < -0.3 is 9.84 Å². The summed E-state index contributed by atoms with van der Waals surface area (Å²) >= 11 is 0. The number of carbonyl (C=O) groups is 1. The summed E-state index contributed by atoms with van der Waals surface area (Å²) in [4.78, 5) is 11.2. The molecule has 1 aliphatic rings. The van der Waals surface area contributed by atoms with Crippen molar-refractivity contribution in [1.29, 1.82) is 0 Å². The average Bonchev–Trinajstić information content (AvgIpc) is 2.84. The minimum atomic E-state index is -5.84. The van der Waals surface area contributed by atoms with Crippen LogP contribution in [0.25, 0.3) is 0 Å². The number of ether oxygens (including phenoxy) is 1.